The molecule has 2 N–H and O–H groups in total. The average molecular weight is 306 g/mol. The number of unbranched alkanes of at least 4 members (excludes halogenated alkanes) is 6. The van der Waals surface area contributed by atoms with Gasteiger partial charge < -0.3 is 5.11 Å². The highest BCUT2D eigenvalue weighted by atomic mass is 32.2. The average Bonchev–Trinajstić information content (AvgIpc) is 2.34. The molecule has 1 atom stereocenters. The molecule has 118 valence electrons. The zero-order valence-electron chi connectivity index (χ0n) is 12.1. The van der Waals surface area contributed by atoms with Crippen LogP contribution in [0.15, 0.2) is 12.2 Å². The van der Waals surface area contributed by atoms with Gasteiger partial charge in [-0.05, 0) is 25.7 Å². The van der Waals surface area contributed by atoms with Gasteiger partial charge in [0.1, 0.15) is 0 Å². The lowest BCUT2D eigenvalue weighted by atomic mass is 10.1. The van der Waals surface area contributed by atoms with Crippen LogP contribution in [-0.2, 0) is 14.9 Å². The molecule has 0 aromatic heterocycles. The van der Waals surface area contributed by atoms with Crippen LogP contribution in [0.4, 0.5) is 0 Å². The molecule has 0 aromatic rings. The third-order valence-corrected chi connectivity index (χ3v) is 4.27. The molecule has 0 saturated carbocycles. The summed E-state index contributed by atoms with van der Waals surface area (Å²) in [6, 6.07) is 0. The molecule has 0 fully saturated rings. The number of hydrogen-bond donors (Lipinski definition) is 2. The van der Waals surface area contributed by atoms with Gasteiger partial charge in [-0.2, -0.15) is 8.42 Å². The topological polar surface area (TPSA) is 91.7 Å². The standard InChI is InChI=1S/C14H26O5S/c1-2-3-4-5-6-7-8-9-10-11-12-13(14(15)16)20(17,18)19/h5-6,13H,2-4,7-12H2,1H3,(H,15,16)(H,17,18,19)/b6-5-. The van der Waals surface area contributed by atoms with Crippen LogP contribution >= 0.6 is 0 Å². The molecule has 0 bridgehead atoms. The van der Waals surface area contributed by atoms with Gasteiger partial charge in [-0.25, -0.2) is 0 Å². The molecule has 0 spiro atoms. The highest BCUT2D eigenvalue weighted by molar-refractivity contribution is 7.87. The fraction of sp³-hybridized carbons (Fsp3) is 0.786. The minimum absolute atomic E-state index is 0.0273. The summed E-state index contributed by atoms with van der Waals surface area (Å²) >= 11 is 0. The molecule has 0 heterocycles. The quantitative estimate of drug-likeness (QED) is 0.327. The Bertz CT molecular complexity index is 386. The molecule has 6 heteroatoms. The van der Waals surface area contributed by atoms with E-state index in [1.54, 1.807) is 0 Å². The van der Waals surface area contributed by atoms with Crippen molar-refractivity contribution in [3.63, 3.8) is 0 Å². The normalized spacial score (nSPS) is 13.7. The number of carboxylic acids is 1. The zero-order valence-corrected chi connectivity index (χ0v) is 12.9. The van der Waals surface area contributed by atoms with E-state index in [2.05, 4.69) is 19.1 Å². The maximum absolute atomic E-state index is 10.8. The Morgan fingerprint density at radius 3 is 2.10 bits per heavy atom. The van der Waals surface area contributed by atoms with E-state index in [4.69, 9.17) is 9.66 Å². The van der Waals surface area contributed by atoms with Crippen molar-refractivity contribution in [2.45, 2.75) is 70.0 Å². The van der Waals surface area contributed by atoms with E-state index in [1.165, 1.54) is 12.8 Å². The van der Waals surface area contributed by atoms with Gasteiger partial charge in [-0.3, -0.25) is 9.35 Å². The molecular weight excluding hydrogens is 280 g/mol. The van der Waals surface area contributed by atoms with E-state index < -0.39 is 21.3 Å². The third kappa shape index (κ3) is 9.97. The van der Waals surface area contributed by atoms with E-state index in [0.29, 0.717) is 6.42 Å². The number of carboxylic acid groups (broad SMARTS) is 1. The minimum Gasteiger partial charge on any atom is -0.480 e. The number of allylic oxidation sites excluding steroid dienone is 2. The molecule has 0 rings (SSSR count). The maximum atomic E-state index is 10.8. The Hall–Kier alpha value is -0.880. The monoisotopic (exact) mass is 306 g/mol. The summed E-state index contributed by atoms with van der Waals surface area (Å²) in [6.45, 7) is 2.16. The minimum atomic E-state index is -4.49. The molecule has 5 nitrogen and oxygen atoms in total. The van der Waals surface area contributed by atoms with Gasteiger partial charge in [0.25, 0.3) is 10.1 Å². The van der Waals surface area contributed by atoms with Crippen LogP contribution < -0.4 is 0 Å². The fourth-order valence-corrected chi connectivity index (χ4v) is 2.62. The van der Waals surface area contributed by atoms with Crippen molar-refractivity contribution in [3.05, 3.63) is 12.2 Å². The van der Waals surface area contributed by atoms with E-state index in [-0.39, 0.29) is 6.42 Å². The maximum Gasteiger partial charge on any atom is 0.324 e. The Kier molecular flexibility index (Phi) is 10.4. The summed E-state index contributed by atoms with van der Waals surface area (Å²) < 4.78 is 30.4. The van der Waals surface area contributed by atoms with Gasteiger partial charge in [-0.15, -0.1) is 0 Å². The van der Waals surface area contributed by atoms with E-state index in [0.717, 1.165) is 32.1 Å². The number of aliphatic carboxylic acids is 1. The molecule has 20 heavy (non-hydrogen) atoms. The van der Waals surface area contributed by atoms with Crippen LogP contribution in [-0.4, -0.2) is 29.3 Å². The number of rotatable bonds is 12. The lowest BCUT2D eigenvalue weighted by Gasteiger charge is -2.08. The van der Waals surface area contributed by atoms with Crippen LogP contribution in [0, 0.1) is 0 Å². The van der Waals surface area contributed by atoms with Crippen LogP contribution in [0.5, 0.6) is 0 Å². The lowest BCUT2D eigenvalue weighted by Crippen LogP contribution is -2.29. The Labute approximate surface area is 121 Å². The van der Waals surface area contributed by atoms with Crippen molar-refractivity contribution in [3.8, 4) is 0 Å². The Morgan fingerprint density at radius 1 is 1.05 bits per heavy atom. The van der Waals surface area contributed by atoms with Crippen molar-refractivity contribution < 1.29 is 22.9 Å². The first-order valence-corrected chi connectivity index (χ1v) is 8.74. The Morgan fingerprint density at radius 2 is 1.60 bits per heavy atom. The summed E-state index contributed by atoms with van der Waals surface area (Å²) in [5.74, 6) is -1.48. The molecule has 0 aliphatic rings. The zero-order chi connectivity index (χ0) is 15.4. The van der Waals surface area contributed by atoms with Crippen LogP contribution in [0.3, 0.4) is 0 Å². The second-order valence-corrected chi connectivity index (χ2v) is 6.55. The van der Waals surface area contributed by atoms with Gasteiger partial charge in [0.2, 0.25) is 0 Å². The molecule has 0 saturated heterocycles. The van der Waals surface area contributed by atoms with Gasteiger partial charge in [0.05, 0.1) is 0 Å². The molecule has 0 amide bonds. The molecule has 0 aliphatic heterocycles. The van der Waals surface area contributed by atoms with Crippen molar-refractivity contribution in [2.75, 3.05) is 0 Å². The van der Waals surface area contributed by atoms with Crippen LogP contribution in [0.25, 0.3) is 0 Å². The van der Waals surface area contributed by atoms with Crippen molar-refractivity contribution in [1.82, 2.24) is 0 Å². The highest BCUT2D eigenvalue weighted by Crippen LogP contribution is 2.13. The van der Waals surface area contributed by atoms with Crippen molar-refractivity contribution >= 4 is 16.1 Å². The SMILES string of the molecule is CCCC/C=C\CCCCCCC(C(=O)O)S(=O)(=O)O. The first kappa shape index (κ1) is 19.1. The van der Waals surface area contributed by atoms with E-state index in [1.807, 2.05) is 0 Å². The smallest absolute Gasteiger partial charge is 0.324 e. The van der Waals surface area contributed by atoms with E-state index in [9.17, 15) is 13.2 Å². The molecule has 1 unspecified atom stereocenters. The summed E-state index contributed by atoms with van der Waals surface area (Å²) in [6.07, 6.45) is 12.1. The summed E-state index contributed by atoms with van der Waals surface area (Å²) in [5.41, 5.74) is 0. The van der Waals surface area contributed by atoms with Crippen LogP contribution in [0.1, 0.15) is 64.7 Å². The van der Waals surface area contributed by atoms with Gasteiger partial charge in [-0.1, -0.05) is 51.2 Å². The second-order valence-electron chi connectivity index (χ2n) is 4.95. The van der Waals surface area contributed by atoms with Crippen LogP contribution in [0.2, 0.25) is 0 Å². The van der Waals surface area contributed by atoms with E-state index >= 15 is 0 Å². The Balaban J connectivity index is 3.66. The van der Waals surface area contributed by atoms with Crippen molar-refractivity contribution in [2.24, 2.45) is 0 Å². The first-order chi connectivity index (χ1) is 9.39. The molecule has 0 aromatic carbocycles. The number of hydrogen-bond acceptors (Lipinski definition) is 3. The number of carbonyl (C=O) groups is 1. The summed E-state index contributed by atoms with van der Waals surface area (Å²) in [4.78, 5) is 10.7. The molecular formula is C14H26O5S. The highest BCUT2D eigenvalue weighted by Gasteiger charge is 2.29. The lowest BCUT2D eigenvalue weighted by molar-refractivity contribution is -0.136. The predicted molar refractivity (Wildman–Crippen MR) is 79.3 cm³/mol. The van der Waals surface area contributed by atoms with Crippen molar-refractivity contribution in [1.29, 1.82) is 0 Å². The molecule has 0 radical (unpaired) electrons. The molecule has 0 aliphatic carbocycles. The summed E-state index contributed by atoms with van der Waals surface area (Å²) in [7, 11) is -4.49. The van der Waals surface area contributed by atoms with Gasteiger partial charge >= 0.3 is 5.97 Å². The second kappa shape index (κ2) is 10.9. The third-order valence-electron chi connectivity index (χ3n) is 3.11. The van der Waals surface area contributed by atoms with Gasteiger partial charge in [0, 0.05) is 0 Å². The predicted octanol–water partition coefficient (Wildman–Crippen LogP) is 3.41. The first-order valence-electron chi connectivity index (χ1n) is 7.23. The fourth-order valence-electron chi connectivity index (χ4n) is 1.90. The summed E-state index contributed by atoms with van der Waals surface area (Å²) in [5, 5.41) is 7.02. The van der Waals surface area contributed by atoms with Gasteiger partial charge in [0.15, 0.2) is 5.25 Å². The largest absolute Gasteiger partial charge is 0.480 e.